The Morgan fingerprint density at radius 1 is 1.41 bits per heavy atom. The highest BCUT2D eigenvalue weighted by Crippen LogP contribution is 2.18. The lowest BCUT2D eigenvalue weighted by molar-refractivity contribution is -0.141. The molecule has 0 aromatic heterocycles. The molecule has 92 valence electrons. The number of ether oxygens (including phenoxy) is 1. The fourth-order valence-electron chi connectivity index (χ4n) is 2.20. The Labute approximate surface area is 102 Å². The molecule has 0 spiro atoms. The molecule has 0 saturated carbocycles. The zero-order valence-corrected chi connectivity index (χ0v) is 10.2. The molecular weight excluding hydrogens is 214 g/mol. The third kappa shape index (κ3) is 3.30. The number of esters is 1. The van der Waals surface area contributed by atoms with Gasteiger partial charge in [-0.25, -0.2) is 0 Å². The SMILES string of the molecule is C[C@H](NCCc1ccccc1)[C@H]1CCOC1=O. The summed E-state index contributed by atoms with van der Waals surface area (Å²) in [6.45, 7) is 3.53. The molecule has 0 unspecified atom stereocenters. The molecule has 1 aliphatic heterocycles. The number of rotatable bonds is 5. The van der Waals surface area contributed by atoms with Gasteiger partial charge < -0.3 is 10.1 Å². The van der Waals surface area contributed by atoms with Crippen molar-refractivity contribution in [3.05, 3.63) is 35.9 Å². The summed E-state index contributed by atoms with van der Waals surface area (Å²) in [5.41, 5.74) is 1.32. The van der Waals surface area contributed by atoms with Gasteiger partial charge in [0.2, 0.25) is 0 Å². The van der Waals surface area contributed by atoms with Crippen LogP contribution in [-0.2, 0) is 16.0 Å². The molecule has 1 fully saturated rings. The lowest BCUT2D eigenvalue weighted by Crippen LogP contribution is -2.36. The fourth-order valence-corrected chi connectivity index (χ4v) is 2.20. The maximum Gasteiger partial charge on any atom is 0.310 e. The van der Waals surface area contributed by atoms with Gasteiger partial charge in [-0.2, -0.15) is 0 Å². The van der Waals surface area contributed by atoms with Gasteiger partial charge in [0.15, 0.2) is 0 Å². The second-order valence-electron chi connectivity index (χ2n) is 4.54. The van der Waals surface area contributed by atoms with E-state index in [1.807, 2.05) is 18.2 Å². The van der Waals surface area contributed by atoms with E-state index in [1.165, 1.54) is 5.56 Å². The Kier molecular flexibility index (Phi) is 4.15. The van der Waals surface area contributed by atoms with Crippen molar-refractivity contribution in [3.63, 3.8) is 0 Å². The van der Waals surface area contributed by atoms with Gasteiger partial charge in [0.1, 0.15) is 0 Å². The molecule has 1 aromatic rings. The van der Waals surface area contributed by atoms with E-state index in [2.05, 4.69) is 24.4 Å². The van der Waals surface area contributed by atoms with Gasteiger partial charge >= 0.3 is 5.97 Å². The lowest BCUT2D eigenvalue weighted by Gasteiger charge is -2.17. The molecule has 3 nitrogen and oxygen atoms in total. The minimum absolute atomic E-state index is 0.0331. The van der Waals surface area contributed by atoms with E-state index in [9.17, 15) is 4.79 Å². The monoisotopic (exact) mass is 233 g/mol. The second kappa shape index (κ2) is 5.82. The first-order chi connectivity index (χ1) is 8.27. The molecule has 1 aliphatic rings. The van der Waals surface area contributed by atoms with Gasteiger partial charge in [0.25, 0.3) is 0 Å². The maximum absolute atomic E-state index is 11.4. The van der Waals surface area contributed by atoms with Crippen LogP contribution in [0.4, 0.5) is 0 Å². The number of carbonyl (C=O) groups is 1. The van der Waals surface area contributed by atoms with E-state index in [0.29, 0.717) is 6.61 Å². The van der Waals surface area contributed by atoms with Crippen LogP contribution in [0.15, 0.2) is 30.3 Å². The molecule has 0 aliphatic carbocycles. The topological polar surface area (TPSA) is 38.3 Å². The summed E-state index contributed by atoms with van der Waals surface area (Å²) in [4.78, 5) is 11.4. The predicted octanol–water partition coefficient (Wildman–Crippen LogP) is 1.77. The van der Waals surface area contributed by atoms with Crippen molar-refractivity contribution in [1.82, 2.24) is 5.32 Å². The van der Waals surface area contributed by atoms with Gasteiger partial charge in [-0.05, 0) is 31.9 Å². The third-order valence-corrected chi connectivity index (χ3v) is 3.30. The number of hydrogen-bond donors (Lipinski definition) is 1. The Balaban J connectivity index is 1.73. The van der Waals surface area contributed by atoms with E-state index in [0.717, 1.165) is 19.4 Å². The van der Waals surface area contributed by atoms with Crippen LogP contribution in [0.2, 0.25) is 0 Å². The third-order valence-electron chi connectivity index (χ3n) is 3.30. The molecule has 1 saturated heterocycles. The number of nitrogens with one attached hydrogen (secondary N) is 1. The van der Waals surface area contributed by atoms with Crippen LogP contribution < -0.4 is 5.32 Å². The molecule has 2 atom stereocenters. The average Bonchev–Trinajstić information content (AvgIpc) is 2.77. The number of cyclic esters (lactones) is 1. The molecule has 0 bridgehead atoms. The van der Waals surface area contributed by atoms with Crippen molar-refractivity contribution >= 4 is 5.97 Å². The first-order valence-electron chi connectivity index (χ1n) is 6.21. The van der Waals surface area contributed by atoms with Crippen molar-refractivity contribution in [1.29, 1.82) is 0 Å². The summed E-state index contributed by atoms with van der Waals surface area (Å²) in [6, 6.07) is 10.6. The minimum Gasteiger partial charge on any atom is -0.465 e. The van der Waals surface area contributed by atoms with Crippen LogP contribution in [0.25, 0.3) is 0 Å². The summed E-state index contributed by atoms with van der Waals surface area (Å²) in [7, 11) is 0. The predicted molar refractivity (Wildman–Crippen MR) is 66.7 cm³/mol. The van der Waals surface area contributed by atoms with Crippen LogP contribution in [0.1, 0.15) is 18.9 Å². The van der Waals surface area contributed by atoms with E-state index >= 15 is 0 Å². The summed E-state index contributed by atoms with van der Waals surface area (Å²) in [5.74, 6) is -0.0181. The normalized spacial score (nSPS) is 21.2. The quantitative estimate of drug-likeness (QED) is 0.788. The van der Waals surface area contributed by atoms with Crippen molar-refractivity contribution < 1.29 is 9.53 Å². The van der Waals surface area contributed by atoms with Crippen LogP contribution in [0.5, 0.6) is 0 Å². The highest BCUT2D eigenvalue weighted by atomic mass is 16.5. The zero-order valence-electron chi connectivity index (χ0n) is 10.2. The Morgan fingerprint density at radius 2 is 2.18 bits per heavy atom. The minimum atomic E-state index is -0.0512. The van der Waals surface area contributed by atoms with E-state index < -0.39 is 0 Å². The molecular formula is C14H19NO2. The number of hydrogen-bond acceptors (Lipinski definition) is 3. The Hall–Kier alpha value is -1.35. The van der Waals surface area contributed by atoms with E-state index in [1.54, 1.807) is 0 Å². The van der Waals surface area contributed by atoms with Crippen molar-refractivity contribution in [3.8, 4) is 0 Å². The summed E-state index contributed by atoms with van der Waals surface area (Å²) < 4.78 is 4.97. The number of carbonyl (C=O) groups excluding carboxylic acids is 1. The molecule has 1 aromatic carbocycles. The molecule has 3 heteroatoms. The molecule has 2 rings (SSSR count). The van der Waals surface area contributed by atoms with E-state index in [4.69, 9.17) is 4.74 Å². The van der Waals surface area contributed by atoms with Crippen molar-refractivity contribution in [2.24, 2.45) is 5.92 Å². The zero-order chi connectivity index (χ0) is 12.1. The summed E-state index contributed by atoms with van der Waals surface area (Å²) in [5, 5.41) is 3.40. The van der Waals surface area contributed by atoms with Gasteiger partial charge in [-0.3, -0.25) is 4.79 Å². The summed E-state index contributed by atoms with van der Waals surface area (Å²) >= 11 is 0. The van der Waals surface area contributed by atoms with Crippen LogP contribution in [0.3, 0.4) is 0 Å². The van der Waals surface area contributed by atoms with E-state index in [-0.39, 0.29) is 17.9 Å². The van der Waals surface area contributed by atoms with Crippen molar-refractivity contribution in [2.45, 2.75) is 25.8 Å². The highest BCUT2D eigenvalue weighted by Gasteiger charge is 2.31. The summed E-state index contributed by atoms with van der Waals surface area (Å²) in [6.07, 6.45) is 1.84. The largest absolute Gasteiger partial charge is 0.465 e. The standard InChI is InChI=1S/C14H19NO2/c1-11(13-8-10-17-14(13)16)15-9-7-12-5-3-2-4-6-12/h2-6,11,13,15H,7-10H2,1H3/t11-,13+/m0/s1. The first kappa shape index (κ1) is 12.1. The van der Waals surface area contributed by atoms with Gasteiger partial charge in [-0.15, -0.1) is 0 Å². The number of benzene rings is 1. The molecule has 1 N–H and O–H groups in total. The van der Waals surface area contributed by atoms with Gasteiger partial charge in [0.05, 0.1) is 12.5 Å². The van der Waals surface area contributed by atoms with Gasteiger partial charge in [0, 0.05) is 6.04 Å². The second-order valence-corrected chi connectivity index (χ2v) is 4.54. The van der Waals surface area contributed by atoms with Crippen LogP contribution in [0, 0.1) is 5.92 Å². The van der Waals surface area contributed by atoms with Gasteiger partial charge in [-0.1, -0.05) is 30.3 Å². The van der Waals surface area contributed by atoms with Crippen molar-refractivity contribution in [2.75, 3.05) is 13.2 Å². The smallest absolute Gasteiger partial charge is 0.310 e. The molecule has 0 radical (unpaired) electrons. The fraction of sp³-hybridized carbons (Fsp3) is 0.500. The first-order valence-corrected chi connectivity index (χ1v) is 6.21. The van der Waals surface area contributed by atoms with Crippen LogP contribution in [-0.4, -0.2) is 25.2 Å². The Morgan fingerprint density at radius 3 is 2.82 bits per heavy atom. The molecule has 0 amide bonds. The Bertz CT molecular complexity index is 364. The average molecular weight is 233 g/mol. The molecule has 17 heavy (non-hydrogen) atoms. The maximum atomic E-state index is 11.4. The highest BCUT2D eigenvalue weighted by molar-refractivity contribution is 5.74. The molecule has 1 heterocycles. The lowest BCUT2D eigenvalue weighted by atomic mass is 10.00. The van der Waals surface area contributed by atoms with Crippen LogP contribution >= 0.6 is 0 Å².